The van der Waals surface area contributed by atoms with Crippen molar-refractivity contribution >= 4 is 17.7 Å². The lowest BCUT2D eigenvalue weighted by Gasteiger charge is -2.17. The van der Waals surface area contributed by atoms with Gasteiger partial charge in [-0.2, -0.15) is 0 Å². The predicted octanol–water partition coefficient (Wildman–Crippen LogP) is 1.98. The molecule has 1 fully saturated rings. The summed E-state index contributed by atoms with van der Waals surface area (Å²) < 4.78 is 10.7. The second kappa shape index (κ2) is 6.76. The molecule has 0 aliphatic carbocycles. The number of fused-ring (bicyclic) bond motifs is 1. The molecule has 1 unspecified atom stereocenters. The van der Waals surface area contributed by atoms with Gasteiger partial charge >= 0.3 is 0 Å². The van der Waals surface area contributed by atoms with Gasteiger partial charge in [-0.05, 0) is 43.2 Å². The highest BCUT2D eigenvalue weighted by atomic mass is 16.5. The fraction of sp³-hybridized carbons (Fsp3) is 0.316. The van der Waals surface area contributed by atoms with Crippen LogP contribution in [0.1, 0.15) is 49.7 Å². The molecule has 1 aromatic carbocycles. The number of furan rings is 1. The fourth-order valence-electron chi connectivity index (χ4n) is 3.27. The summed E-state index contributed by atoms with van der Waals surface area (Å²) in [6, 6.07) is 8.06. The second-order valence-corrected chi connectivity index (χ2v) is 6.38. The Balaban J connectivity index is 1.48. The summed E-state index contributed by atoms with van der Waals surface area (Å²) in [4.78, 5) is 38.6. The van der Waals surface area contributed by atoms with E-state index in [4.69, 9.17) is 9.15 Å². The van der Waals surface area contributed by atoms with Crippen LogP contribution in [0.15, 0.2) is 41.0 Å². The van der Waals surface area contributed by atoms with Gasteiger partial charge in [0.15, 0.2) is 0 Å². The van der Waals surface area contributed by atoms with Crippen molar-refractivity contribution in [3.05, 3.63) is 59.0 Å². The van der Waals surface area contributed by atoms with Crippen LogP contribution in [0.25, 0.3) is 0 Å². The molecular weight excluding hydrogens is 336 g/mol. The number of rotatable bonds is 5. The molecule has 0 bridgehead atoms. The van der Waals surface area contributed by atoms with Gasteiger partial charge in [-0.1, -0.05) is 0 Å². The van der Waals surface area contributed by atoms with E-state index in [-0.39, 0.29) is 42.5 Å². The molecular formula is C19H18N2O5. The number of amides is 3. The van der Waals surface area contributed by atoms with Gasteiger partial charge in [0.25, 0.3) is 17.7 Å². The Kier molecular flexibility index (Phi) is 4.30. The van der Waals surface area contributed by atoms with Crippen LogP contribution in [0.3, 0.4) is 0 Å². The van der Waals surface area contributed by atoms with Gasteiger partial charge in [-0.15, -0.1) is 0 Å². The number of benzene rings is 1. The van der Waals surface area contributed by atoms with Gasteiger partial charge < -0.3 is 14.5 Å². The first-order valence-electron chi connectivity index (χ1n) is 8.56. The first-order valence-corrected chi connectivity index (χ1v) is 8.56. The van der Waals surface area contributed by atoms with Gasteiger partial charge in [0.2, 0.25) is 0 Å². The van der Waals surface area contributed by atoms with Crippen LogP contribution in [-0.2, 0) is 11.3 Å². The van der Waals surface area contributed by atoms with Crippen LogP contribution in [0.2, 0.25) is 0 Å². The highest BCUT2D eigenvalue weighted by Gasteiger charge is 2.37. The molecule has 2 aliphatic heterocycles. The van der Waals surface area contributed by atoms with E-state index in [0.29, 0.717) is 23.5 Å². The van der Waals surface area contributed by atoms with Crippen molar-refractivity contribution in [1.82, 2.24) is 10.2 Å². The molecule has 3 heterocycles. The smallest absolute Gasteiger partial charge is 0.261 e. The fourth-order valence-corrected chi connectivity index (χ4v) is 3.27. The molecule has 7 heteroatoms. The minimum absolute atomic E-state index is 0.103. The Morgan fingerprint density at radius 1 is 1.19 bits per heavy atom. The Morgan fingerprint density at radius 3 is 2.77 bits per heavy atom. The van der Waals surface area contributed by atoms with E-state index >= 15 is 0 Å². The Hall–Kier alpha value is -2.93. The highest BCUT2D eigenvalue weighted by molar-refractivity contribution is 6.22. The number of hydrogen-bond donors (Lipinski definition) is 1. The van der Waals surface area contributed by atoms with Crippen molar-refractivity contribution in [3.8, 4) is 0 Å². The summed E-state index contributed by atoms with van der Waals surface area (Å²) in [7, 11) is 0. The number of imide groups is 1. The monoisotopic (exact) mass is 354 g/mol. The molecule has 2 aliphatic rings. The first kappa shape index (κ1) is 16.5. The molecule has 26 heavy (non-hydrogen) atoms. The zero-order valence-electron chi connectivity index (χ0n) is 14.1. The maximum absolute atomic E-state index is 12.6. The number of nitrogens with zero attached hydrogens (tertiary/aromatic N) is 1. The summed E-state index contributed by atoms with van der Waals surface area (Å²) in [5.41, 5.74) is 0.921. The maximum atomic E-state index is 12.6. The van der Waals surface area contributed by atoms with E-state index < -0.39 is 0 Å². The van der Waals surface area contributed by atoms with Crippen LogP contribution < -0.4 is 5.32 Å². The van der Waals surface area contributed by atoms with Crippen molar-refractivity contribution in [3.63, 3.8) is 0 Å². The minimum atomic E-state index is -0.374. The lowest BCUT2D eigenvalue weighted by atomic mass is 10.1. The molecule has 1 atom stereocenters. The summed E-state index contributed by atoms with van der Waals surface area (Å²) in [6.07, 6.45) is 3.21. The summed E-state index contributed by atoms with van der Waals surface area (Å²) in [5, 5.41) is 2.73. The average molecular weight is 354 g/mol. The SMILES string of the molecule is O=C(NCc1ccco1)c1ccc2c(c1)C(=O)N(CC1CCCO1)C2=O. The van der Waals surface area contributed by atoms with E-state index in [1.54, 1.807) is 18.2 Å². The third-order valence-corrected chi connectivity index (χ3v) is 4.65. The normalized spacial score (nSPS) is 19.1. The van der Waals surface area contributed by atoms with Gasteiger partial charge in [0.1, 0.15) is 5.76 Å². The lowest BCUT2D eigenvalue weighted by Crippen LogP contribution is -2.36. The van der Waals surface area contributed by atoms with Crippen molar-refractivity contribution < 1.29 is 23.5 Å². The predicted molar refractivity (Wildman–Crippen MR) is 90.7 cm³/mol. The largest absolute Gasteiger partial charge is 0.467 e. The number of nitrogens with one attached hydrogen (secondary N) is 1. The second-order valence-electron chi connectivity index (χ2n) is 6.38. The minimum Gasteiger partial charge on any atom is -0.467 e. The van der Waals surface area contributed by atoms with Crippen LogP contribution in [-0.4, -0.2) is 41.9 Å². The van der Waals surface area contributed by atoms with Crippen LogP contribution in [0.4, 0.5) is 0 Å². The molecule has 134 valence electrons. The standard InChI is InChI=1S/C19H18N2O5/c22-17(20-10-13-3-1-7-25-13)12-5-6-15-16(9-12)19(24)21(18(15)23)11-14-4-2-8-26-14/h1,3,5-7,9,14H,2,4,8,10-11H2,(H,20,22). The highest BCUT2D eigenvalue weighted by Crippen LogP contribution is 2.26. The number of ether oxygens (including phenoxy) is 1. The number of carbonyl (C=O) groups excluding carboxylic acids is 3. The van der Waals surface area contributed by atoms with Gasteiger partial charge in [0, 0.05) is 12.2 Å². The summed E-state index contributed by atoms with van der Waals surface area (Å²) in [6.45, 7) is 1.17. The maximum Gasteiger partial charge on any atom is 0.261 e. The van der Waals surface area contributed by atoms with Gasteiger partial charge in [-0.25, -0.2) is 0 Å². The van der Waals surface area contributed by atoms with Crippen molar-refractivity contribution in [2.45, 2.75) is 25.5 Å². The van der Waals surface area contributed by atoms with E-state index in [1.165, 1.54) is 23.3 Å². The molecule has 1 aromatic heterocycles. The van der Waals surface area contributed by atoms with Crippen LogP contribution in [0.5, 0.6) is 0 Å². The first-order chi connectivity index (χ1) is 12.6. The van der Waals surface area contributed by atoms with Crippen LogP contribution >= 0.6 is 0 Å². The van der Waals surface area contributed by atoms with E-state index in [9.17, 15) is 14.4 Å². The van der Waals surface area contributed by atoms with Crippen molar-refractivity contribution in [2.24, 2.45) is 0 Å². The summed E-state index contributed by atoms with van der Waals surface area (Å²) in [5.74, 6) is -0.403. The van der Waals surface area contributed by atoms with E-state index in [0.717, 1.165) is 12.8 Å². The molecule has 0 radical (unpaired) electrons. The van der Waals surface area contributed by atoms with E-state index in [1.807, 2.05) is 0 Å². The molecule has 1 saturated heterocycles. The molecule has 1 N–H and O–H groups in total. The summed E-state index contributed by atoms with van der Waals surface area (Å²) >= 11 is 0. The topological polar surface area (TPSA) is 88.8 Å². The van der Waals surface area contributed by atoms with Gasteiger partial charge in [-0.3, -0.25) is 19.3 Å². The Morgan fingerprint density at radius 2 is 2.04 bits per heavy atom. The zero-order valence-corrected chi connectivity index (χ0v) is 14.1. The lowest BCUT2D eigenvalue weighted by molar-refractivity contribution is 0.0475. The molecule has 0 spiro atoms. The number of hydrogen-bond acceptors (Lipinski definition) is 5. The Bertz CT molecular complexity index is 853. The third kappa shape index (κ3) is 3.01. The molecule has 0 saturated carbocycles. The molecule has 7 nitrogen and oxygen atoms in total. The molecule has 4 rings (SSSR count). The molecule has 2 aromatic rings. The molecule has 3 amide bonds. The number of carbonyl (C=O) groups is 3. The zero-order chi connectivity index (χ0) is 18.1. The average Bonchev–Trinajstić information content (AvgIpc) is 3.39. The third-order valence-electron chi connectivity index (χ3n) is 4.65. The quantitative estimate of drug-likeness (QED) is 0.830. The van der Waals surface area contributed by atoms with E-state index in [2.05, 4.69) is 5.32 Å². The van der Waals surface area contributed by atoms with Gasteiger partial charge in [0.05, 0.1) is 36.6 Å². The van der Waals surface area contributed by atoms with Crippen molar-refractivity contribution in [2.75, 3.05) is 13.2 Å². The Labute approximate surface area is 149 Å². The van der Waals surface area contributed by atoms with Crippen molar-refractivity contribution in [1.29, 1.82) is 0 Å². The van der Waals surface area contributed by atoms with Crippen LogP contribution in [0, 0.1) is 0 Å².